The molecule has 0 saturated heterocycles. The Hall–Kier alpha value is -1.68. The van der Waals surface area contributed by atoms with E-state index in [1.54, 1.807) is 24.3 Å². The van der Waals surface area contributed by atoms with Gasteiger partial charge in [-0.25, -0.2) is 4.68 Å². The summed E-state index contributed by atoms with van der Waals surface area (Å²) in [5.74, 6) is 0. The van der Waals surface area contributed by atoms with Crippen LogP contribution in [-0.2, 0) is 11.3 Å². The number of aldehydes is 1. The lowest BCUT2D eigenvalue weighted by molar-refractivity contribution is -0.108. The largest absolute Gasteiger partial charge is 0.301 e. The van der Waals surface area contributed by atoms with E-state index in [1.165, 1.54) is 0 Å². The Balaban J connectivity index is 2.84. The van der Waals surface area contributed by atoms with E-state index < -0.39 is 0 Å². The van der Waals surface area contributed by atoms with E-state index in [0.717, 1.165) is 4.68 Å². The molecule has 0 unspecified atom stereocenters. The summed E-state index contributed by atoms with van der Waals surface area (Å²) in [6.07, 6.45) is 0.611. The standard InChI is InChI=1S/C10H7ClN2O2/c11-9-7-3-1-2-4-8(7)10(15)13(12-9)5-6-14/h1-4,6H,5H2. The normalized spacial score (nSPS) is 10.5. The number of benzene rings is 1. The summed E-state index contributed by atoms with van der Waals surface area (Å²) >= 11 is 5.88. The SMILES string of the molecule is O=CCn1nc(Cl)c2ccccc2c1=O. The maximum Gasteiger partial charge on any atom is 0.275 e. The van der Waals surface area contributed by atoms with E-state index in [0.29, 0.717) is 17.1 Å². The second-order valence-corrected chi connectivity index (χ2v) is 3.35. The highest BCUT2D eigenvalue weighted by Gasteiger charge is 2.07. The van der Waals surface area contributed by atoms with Gasteiger partial charge in [0.25, 0.3) is 5.56 Å². The highest BCUT2D eigenvalue weighted by molar-refractivity contribution is 6.34. The maximum absolute atomic E-state index is 11.8. The summed E-state index contributed by atoms with van der Waals surface area (Å²) in [6, 6.07) is 6.90. The lowest BCUT2D eigenvalue weighted by Gasteiger charge is -2.03. The van der Waals surface area contributed by atoms with Crippen molar-refractivity contribution >= 4 is 28.7 Å². The Labute approximate surface area is 90.1 Å². The van der Waals surface area contributed by atoms with Gasteiger partial charge in [-0.1, -0.05) is 29.8 Å². The highest BCUT2D eigenvalue weighted by Crippen LogP contribution is 2.16. The molecular formula is C10H7ClN2O2. The van der Waals surface area contributed by atoms with Gasteiger partial charge in [-0.2, -0.15) is 5.10 Å². The number of aromatic nitrogens is 2. The molecule has 15 heavy (non-hydrogen) atoms. The summed E-state index contributed by atoms with van der Waals surface area (Å²) in [5.41, 5.74) is -0.304. The molecule has 2 rings (SSSR count). The molecule has 0 spiro atoms. The summed E-state index contributed by atoms with van der Waals surface area (Å²) < 4.78 is 1.05. The number of hydrogen-bond acceptors (Lipinski definition) is 3. The molecule has 1 aromatic carbocycles. The van der Waals surface area contributed by atoms with Gasteiger partial charge < -0.3 is 4.79 Å². The second kappa shape index (κ2) is 3.82. The fourth-order valence-corrected chi connectivity index (χ4v) is 1.64. The Morgan fingerprint density at radius 3 is 2.67 bits per heavy atom. The molecule has 0 aliphatic heterocycles. The number of hydrogen-bond donors (Lipinski definition) is 0. The van der Waals surface area contributed by atoms with Gasteiger partial charge in [-0.05, 0) is 6.07 Å². The van der Waals surface area contributed by atoms with Crippen molar-refractivity contribution < 1.29 is 4.79 Å². The van der Waals surface area contributed by atoms with Gasteiger partial charge in [-0.15, -0.1) is 0 Å². The average molecular weight is 223 g/mol. The number of fused-ring (bicyclic) bond motifs is 1. The number of nitrogens with zero attached hydrogens (tertiary/aromatic N) is 2. The second-order valence-electron chi connectivity index (χ2n) is 2.99. The average Bonchev–Trinajstić information content (AvgIpc) is 2.26. The van der Waals surface area contributed by atoms with Crippen molar-refractivity contribution in [2.24, 2.45) is 0 Å². The molecule has 0 fully saturated rings. The molecule has 0 aliphatic carbocycles. The molecule has 2 aromatic rings. The van der Waals surface area contributed by atoms with Gasteiger partial charge in [0.05, 0.1) is 5.39 Å². The van der Waals surface area contributed by atoms with Crippen molar-refractivity contribution in [2.75, 3.05) is 0 Å². The minimum absolute atomic E-state index is 0.0800. The number of rotatable bonds is 2. The van der Waals surface area contributed by atoms with Gasteiger partial charge in [0.1, 0.15) is 12.8 Å². The zero-order chi connectivity index (χ0) is 10.8. The van der Waals surface area contributed by atoms with Crippen LogP contribution in [0, 0.1) is 0 Å². The lowest BCUT2D eigenvalue weighted by atomic mass is 10.2. The molecule has 0 radical (unpaired) electrons. The number of carbonyl (C=O) groups excluding carboxylic acids is 1. The zero-order valence-corrected chi connectivity index (χ0v) is 8.44. The first kappa shape index (κ1) is 9.86. The van der Waals surface area contributed by atoms with Crippen molar-refractivity contribution in [3.8, 4) is 0 Å². The minimum atomic E-state index is -0.304. The molecule has 1 heterocycles. The summed E-state index contributed by atoms with van der Waals surface area (Å²) in [6.45, 7) is -0.0800. The molecule has 0 aliphatic rings. The van der Waals surface area contributed by atoms with Crippen molar-refractivity contribution in [3.63, 3.8) is 0 Å². The van der Waals surface area contributed by atoms with Crippen LogP contribution in [0.5, 0.6) is 0 Å². The molecule has 0 saturated carbocycles. The third kappa shape index (κ3) is 1.64. The lowest BCUT2D eigenvalue weighted by Crippen LogP contribution is -2.23. The summed E-state index contributed by atoms with van der Waals surface area (Å²) in [4.78, 5) is 22.1. The molecule has 1 aromatic heterocycles. The number of halogens is 1. The molecule has 0 atom stereocenters. The molecule has 5 heteroatoms. The van der Waals surface area contributed by atoms with Crippen LogP contribution in [-0.4, -0.2) is 16.1 Å². The van der Waals surface area contributed by atoms with Crippen molar-refractivity contribution in [2.45, 2.75) is 6.54 Å². The monoisotopic (exact) mass is 222 g/mol. The molecule has 4 nitrogen and oxygen atoms in total. The van der Waals surface area contributed by atoms with Crippen LogP contribution in [0.25, 0.3) is 10.8 Å². The Bertz CT molecular complexity index is 577. The Morgan fingerprint density at radius 2 is 2.00 bits per heavy atom. The van der Waals surface area contributed by atoms with Crippen molar-refractivity contribution in [1.82, 2.24) is 9.78 Å². The first-order valence-corrected chi connectivity index (χ1v) is 4.71. The quantitative estimate of drug-likeness (QED) is 0.719. The highest BCUT2D eigenvalue weighted by atomic mass is 35.5. The van der Waals surface area contributed by atoms with E-state index in [2.05, 4.69) is 5.10 Å². The predicted molar refractivity (Wildman–Crippen MR) is 57.1 cm³/mol. The summed E-state index contributed by atoms with van der Waals surface area (Å²) in [5, 5.41) is 5.13. The molecule has 0 bridgehead atoms. The van der Waals surface area contributed by atoms with Crippen LogP contribution in [0.3, 0.4) is 0 Å². The van der Waals surface area contributed by atoms with Crippen LogP contribution in [0.2, 0.25) is 5.15 Å². The fraction of sp³-hybridized carbons (Fsp3) is 0.100. The van der Waals surface area contributed by atoms with Gasteiger partial charge in [0.2, 0.25) is 0 Å². The van der Waals surface area contributed by atoms with Gasteiger partial charge in [0, 0.05) is 5.39 Å². The van der Waals surface area contributed by atoms with E-state index in [9.17, 15) is 9.59 Å². The van der Waals surface area contributed by atoms with Crippen LogP contribution < -0.4 is 5.56 Å². The van der Waals surface area contributed by atoms with Gasteiger partial charge >= 0.3 is 0 Å². The fourth-order valence-electron chi connectivity index (χ4n) is 1.39. The third-order valence-electron chi connectivity index (χ3n) is 2.07. The van der Waals surface area contributed by atoms with E-state index >= 15 is 0 Å². The van der Waals surface area contributed by atoms with Crippen LogP contribution in [0.4, 0.5) is 0 Å². The first-order chi connectivity index (χ1) is 7.24. The maximum atomic E-state index is 11.8. The zero-order valence-electron chi connectivity index (χ0n) is 7.68. The van der Waals surface area contributed by atoms with Crippen molar-refractivity contribution in [1.29, 1.82) is 0 Å². The first-order valence-electron chi connectivity index (χ1n) is 4.33. The van der Waals surface area contributed by atoms with E-state index in [4.69, 9.17) is 11.6 Å². The van der Waals surface area contributed by atoms with Gasteiger partial charge in [-0.3, -0.25) is 4.79 Å². The van der Waals surface area contributed by atoms with E-state index in [-0.39, 0.29) is 17.3 Å². The Kier molecular flexibility index (Phi) is 2.51. The molecule has 0 N–H and O–H groups in total. The molecule has 0 amide bonds. The smallest absolute Gasteiger partial charge is 0.275 e. The van der Waals surface area contributed by atoms with E-state index in [1.807, 2.05) is 0 Å². The van der Waals surface area contributed by atoms with Crippen LogP contribution in [0.1, 0.15) is 0 Å². The number of carbonyl (C=O) groups is 1. The van der Waals surface area contributed by atoms with Crippen LogP contribution >= 0.6 is 11.6 Å². The van der Waals surface area contributed by atoms with Crippen molar-refractivity contribution in [3.05, 3.63) is 39.8 Å². The predicted octanol–water partition coefficient (Wildman–Crippen LogP) is 1.25. The topological polar surface area (TPSA) is 52.0 Å². The van der Waals surface area contributed by atoms with Crippen LogP contribution in [0.15, 0.2) is 29.1 Å². The Morgan fingerprint density at radius 1 is 1.33 bits per heavy atom. The van der Waals surface area contributed by atoms with Gasteiger partial charge in [0.15, 0.2) is 5.15 Å². The molecule has 76 valence electrons. The molecular weight excluding hydrogens is 216 g/mol. The third-order valence-corrected chi connectivity index (χ3v) is 2.35. The summed E-state index contributed by atoms with van der Waals surface area (Å²) in [7, 11) is 0. The minimum Gasteiger partial charge on any atom is -0.301 e.